The standard InChI is InChI=1S/C22H21ClF2N6O4/c1-12(32)26-10-15-11-29(22(34)35-15)14-7-17(24)19(18(25)8-14)28-2-4-30-20-16(6-13(23)9-27-20)21(33)31(30)5-3-28/h6-9,15H,2-5,10-11H2,1H3,(H,26,32)/t15-/m0/s1. The number of amides is 2. The monoisotopic (exact) mass is 506 g/mol. The van der Waals surface area contributed by atoms with Gasteiger partial charge in [0, 0.05) is 38.3 Å². The maximum absolute atomic E-state index is 15.2. The number of cyclic esters (lactones) is 1. The number of hydrogen-bond acceptors (Lipinski definition) is 6. The lowest BCUT2D eigenvalue weighted by Gasteiger charge is -2.24. The van der Waals surface area contributed by atoms with Crippen molar-refractivity contribution in [1.29, 1.82) is 0 Å². The molecule has 1 N–H and O–H groups in total. The molecule has 5 rings (SSSR count). The number of halogens is 3. The van der Waals surface area contributed by atoms with Crippen LogP contribution in [0.25, 0.3) is 11.0 Å². The van der Waals surface area contributed by atoms with E-state index < -0.39 is 23.8 Å². The van der Waals surface area contributed by atoms with E-state index in [1.54, 1.807) is 10.7 Å². The average molecular weight is 507 g/mol. The molecular weight excluding hydrogens is 486 g/mol. The second-order valence-electron chi connectivity index (χ2n) is 8.37. The van der Waals surface area contributed by atoms with Gasteiger partial charge in [-0.05, 0) is 6.07 Å². The van der Waals surface area contributed by atoms with E-state index in [0.717, 1.165) is 17.0 Å². The summed E-state index contributed by atoms with van der Waals surface area (Å²) >= 11 is 5.97. The normalized spacial score (nSPS) is 17.9. The Kier molecular flexibility index (Phi) is 5.83. The first-order valence-electron chi connectivity index (χ1n) is 10.9. The van der Waals surface area contributed by atoms with Gasteiger partial charge in [-0.25, -0.2) is 23.2 Å². The van der Waals surface area contributed by atoms with Gasteiger partial charge in [0.2, 0.25) is 5.91 Å². The van der Waals surface area contributed by atoms with Crippen molar-refractivity contribution in [3.63, 3.8) is 0 Å². The Bertz CT molecular complexity index is 1380. The molecule has 3 aromatic rings. The maximum atomic E-state index is 15.2. The Hall–Kier alpha value is -3.67. The predicted octanol–water partition coefficient (Wildman–Crippen LogP) is 2.11. The number of rotatable bonds is 4. The van der Waals surface area contributed by atoms with Crippen molar-refractivity contribution in [3.05, 3.63) is 51.4 Å². The summed E-state index contributed by atoms with van der Waals surface area (Å²) in [5.41, 5.74) is -0.0351. The van der Waals surface area contributed by atoms with Crippen LogP contribution in [0.3, 0.4) is 0 Å². The van der Waals surface area contributed by atoms with Crippen LogP contribution in [-0.2, 0) is 22.6 Å². The largest absolute Gasteiger partial charge is 0.442 e. The summed E-state index contributed by atoms with van der Waals surface area (Å²) in [6, 6.07) is 3.72. The topological polar surface area (TPSA) is 102 Å². The number of aromatic nitrogens is 3. The average Bonchev–Trinajstić information content (AvgIpc) is 3.20. The number of carbonyl (C=O) groups is 2. The van der Waals surface area contributed by atoms with E-state index in [-0.39, 0.29) is 62.1 Å². The summed E-state index contributed by atoms with van der Waals surface area (Å²) in [5, 5.41) is 3.29. The zero-order valence-corrected chi connectivity index (χ0v) is 19.4. The van der Waals surface area contributed by atoms with Crippen molar-refractivity contribution < 1.29 is 23.1 Å². The molecule has 184 valence electrons. The molecule has 2 aliphatic rings. The van der Waals surface area contributed by atoms with E-state index in [0.29, 0.717) is 16.1 Å². The molecule has 0 unspecified atom stereocenters. The zero-order valence-electron chi connectivity index (χ0n) is 18.6. The minimum absolute atomic E-state index is 0.0171. The number of hydrogen-bond donors (Lipinski definition) is 1. The molecule has 10 nitrogen and oxygen atoms in total. The molecule has 4 heterocycles. The predicted molar refractivity (Wildman–Crippen MR) is 124 cm³/mol. The van der Waals surface area contributed by atoms with Gasteiger partial charge in [-0.2, -0.15) is 0 Å². The van der Waals surface area contributed by atoms with Crippen molar-refractivity contribution in [2.24, 2.45) is 0 Å². The lowest BCUT2D eigenvalue weighted by atomic mass is 10.2. The molecule has 2 aromatic heterocycles. The second-order valence-corrected chi connectivity index (χ2v) is 8.81. The Morgan fingerprint density at radius 3 is 2.51 bits per heavy atom. The van der Waals surface area contributed by atoms with Crippen LogP contribution in [0.1, 0.15) is 6.92 Å². The minimum atomic E-state index is -0.841. The van der Waals surface area contributed by atoms with E-state index in [1.807, 2.05) is 0 Å². The SMILES string of the molecule is CC(=O)NC[C@H]1CN(c2cc(F)c(N3CCn4c(=O)c5cc(Cl)cnc5n4CC3)c(F)c2)C(=O)O1. The molecular formula is C22H21ClF2N6O4. The number of nitrogens with zero attached hydrogens (tertiary/aromatic N) is 5. The molecule has 0 spiro atoms. The van der Waals surface area contributed by atoms with Crippen molar-refractivity contribution in [2.75, 3.05) is 36.0 Å². The maximum Gasteiger partial charge on any atom is 0.414 e. The van der Waals surface area contributed by atoms with Gasteiger partial charge in [-0.1, -0.05) is 11.6 Å². The van der Waals surface area contributed by atoms with Crippen molar-refractivity contribution in [2.45, 2.75) is 26.1 Å². The fourth-order valence-corrected chi connectivity index (χ4v) is 4.64. The minimum Gasteiger partial charge on any atom is -0.442 e. The van der Waals surface area contributed by atoms with Crippen LogP contribution in [0.5, 0.6) is 0 Å². The molecule has 1 fully saturated rings. The number of pyridine rings is 1. The van der Waals surface area contributed by atoms with Crippen molar-refractivity contribution >= 4 is 46.0 Å². The van der Waals surface area contributed by atoms with Crippen LogP contribution in [-0.4, -0.2) is 58.6 Å². The van der Waals surface area contributed by atoms with Gasteiger partial charge < -0.3 is 15.0 Å². The second kappa shape index (κ2) is 8.84. The first kappa shape index (κ1) is 23.1. The molecule has 0 bridgehead atoms. The van der Waals surface area contributed by atoms with Gasteiger partial charge in [0.25, 0.3) is 5.56 Å². The molecule has 2 aliphatic heterocycles. The first-order valence-corrected chi connectivity index (χ1v) is 11.3. The van der Waals surface area contributed by atoms with E-state index in [9.17, 15) is 14.4 Å². The van der Waals surface area contributed by atoms with Crippen LogP contribution < -0.4 is 20.7 Å². The van der Waals surface area contributed by atoms with Gasteiger partial charge >= 0.3 is 6.09 Å². The summed E-state index contributed by atoms with van der Waals surface area (Å²) in [7, 11) is 0. The highest BCUT2D eigenvalue weighted by Gasteiger charge is 2.34. The highest BCUT2D eigenvalue weighted by atomic mass is 35.5. The van der Waals surface area contributed by atoms with Crippen molar-refractivity contribution in [1.82, 2.24) is 19.7 Å². The van der Waals surface area contributed by atoms with Gasteiger partial charge in [0.05, 0.1) is 42.3 Å². The first-order chi connectivity index (χ1) is 16.7. The smallest absolute Gasteiger partial charge is 0.414 e. The number of nitrogens with one attached hydrogen (secondary N) is 1. The fourth-order valence-electron chi connectivity index (χ4n) is 4.48. The Morgan fingerprint density at radius 1 is 1.14 bits per heavy atom. The van der Waals surface area contributed by atoms with Crippen molar-refractivity contribution in [3.8, 4) is 0 Å². The highest BCUT2D eigenvalue weighted by molar-refractivity contribution is 6.31. The number of carbonyl (C=O) groups excluding carboxylic acids is 2. The number of benzene rings is 1. The Labute approximate surface area is 202 Å². The molecule has 0 saturated carbocycles. The molecule has 0 aliphatic carbocycles. The van der Waals surface area contributed by atoms with Gasteiger partial charge in [0.1, 0.15) is 11.8 Å². The van der Waals surface area contributed by atoms with E-state index in [4.69, 9.17) is 16.3 Å². The number of ether oxygens (including phenoxy) is 1. The quantitative estimate of drug-likeness (QED) is 0.581. The van der Waals surface area contributed by atoms with E-state index >= 15 is 8.78 Å². The molecule has 2 amide bonds. The lowest BCUT2D eigenvalue weighted by Crippen LogP contribution is -2.33. The van der Waals surface area contributed by atoms with Crippen LogP contribution in [0.2, 0.25) is 5.02 Å². The highest BCUT2D eigenvalue weighted by Crippen LogP contribution is 2.31. The van der Waals surface area contributed by atoms with Gasteiger partial charge in [-0.3, -0.25) is 19.2 Å². The molecule has 1 saturated heterocycles. The van der Waals surface area contributed by atoms with Crippen LogP contribution in [0, 0.1) is 11.6 Å². The van der Waals surface area contributed by atoms with E-state index in [2.05, 4.69) is 10.3 Å². The van der Waals surface area contributed by atoms with Gasteiger partial charge in [0.15, 0.2) is 17.3 Å². The van der Waals surface area contributed by atoms with Crippen LogP contribution >= 0.6 is 11.6 Å². The summed E-state index contributed by atoms with van der Waals surface area (Å²) in [6.45, 7) is 2.36. The Balaban J connectivity index is 1.37. The number of anilines is 2. The van der Waals surface area contributed by atoms with Crippen LogP contribution in [0.15, 0.2) is 29.2 Å². The third kappa shape index (κ3) is 4.18. The zero-order chi connectivity index (χ0) is 24.9. The van der Waals surface area contributed by atoms with E-state index in [1.165, 1.54) is 22.7 Å². The molecule has 13 heteroatoms. The third-order valence-corrected chi connectivity index (χ3v) is 6.29. The lowest BCUT2D eigenvalue weighted by molar-refractivity contribution is -0.119. The summed E-state index contributed by atoms with van der Waals surface area (Å²) in [5.74, 6) is -1.96. The molecule has 0 radical (unpaired) electrons. The summed E-state index contributed by atoms with van der Waals surface area (Å²) in [6.07, 6.45) is 0.0660. The molecule has 1 atom stereocenters. The molecule has 1 aromatic carbocycles. The van der Waals surface area contributed by atoms with Crippen LogP contribution in [0.4, 0.5) is 25.0 Å². The van der Waals surface area contributed by atoms with Gasteiger partial charge in [-0.15, -0.1) is 0 Å². The number of fused-ring (bicyclic) bond motifs is 3. The third-order valence-electron chi connectivity index (χ3n) is 6.08. The Morgan fingerprint density at radius 2 is 1.83 bits per heavy atom. The summed E-state index contributed by atoms with van der Waals surface area (Å²) < 4.78 is 38.7. The summed E-state index contributed by atoms with van der Waals surface area (Å²) in [4.78, 5) is 43.0. The fraction of sp³-hybridized carbons (Fsp3) is 0.364. The molecule has 35 heavy (non-hydrogen) atoms.